The average Bonchev–Trinajstić information content (AvgIpc) is 2.52. The van der Waals surface area contributed by atoms with Crippen molar-refractivity contribution in [2.24, 2.45) is 16.6 Å². The van der Waals surface area contributed by atoms with Crippen molar-refractivity contribution in [1.82, 2.24) is 0 Å². The summed E-state index contributed by atoms with van der Waals surface area (Å²) < 4.78 is 0. The Balaban J connectivity index is 1.93. The van der Waals surface area contributed by atoms with Gasteiger partial charge >= 0.3 is 0 Å². The van der Waals surface area contributed by atoms with Gasteiger partial charge in [0.1, 0.15) is 0 Å². The van der Waals surface area contributed by atoms with Crippen molar-refractivity contribution >= 4 is 16.9 Å². The summed E-state index contributed by atoms with van der Waals surface area (Å²) in [4.78, 5) is 4.36. The number of nitrogens with zero attached hydrogens (tertiary/aromatic N) is 1. The summed E-state index contributed by atoms with van der Waals surface area (Å²) in [7, 11) is 0. The first-order valence-electron chi connectivity index (χ1n) is 7.22. The van der Waals surface area contributed by atoms with E-state index in [0.29, 0.717) is 11.1 Å². The van der Waals surface area contributed by atoms with Crippen LogP contribution in [0.1, 0.15) is 19.4 Å². The van der Waals surface area contributed by atoms with Gasteiger partial charge in [0.15, 0.2) is 5.17 Å². The smallest absolute Gasteiger partial charge is 0.154 e. The van der Waals surface area contributed by atoms with Crippen molar-refractivity contribution in [3.63, 3.8) is 0 Å². The van der Waals surface area contributed by atoms with E-state index in [1.54, 1.807) is 11.8 Å². The molecule has 2 aromatic rings. The second-order valence-corrected chi connectivity index (χ2v) is 6.42. The maximum Gasteiger partial charge on any atom is 0.154 e. The molecule has 0 saturated carbocycles. The maximum atomic E-state index is 5.90. The van der Waals surface area contributed by atoms with Crippen LogP contribution in [0.3, 0.4) is 0 Å². The molecule has 0 heterocycles. The van der Waals surface area contributed by atoms with Gasteiger partial charge in [0.05, 0.1) is 0 Å². The summed E-state index contributed by atoms with van der Waals surface area (Å²) in [5, 5.41) is 0.677. The van der Waals surface area contributed by atoms with Gasteiger partial charge < -0.3 is 5.73 Å². The first-order valence-corrected chi connectivity index (χ1v) is 8.21. The van der Waals surface area contributed by atoms with E-state index in [9.17, 15) is 0 Å². The second kappa shape index (κ2) is 7.89. The van der Waals surface area contributed by atoms with Crippen LogP contribution in [-0.2, 0) is 5.75 Å². The molecule has 3 heteroatoms. The van der Waals surface area contributed by atoms with Crippen LogP contribution in [0.4, 0.5) is 0 Å². The number of benzene rings is 2. The molecule has 110 valence electrons. The zero-order valence-electron chi connectivity index (χ0n) is 12.6. The number of amidine groups is 1. The number of hydrogen-bond acceptors (Lipinski definition) is 2. The van der Waals surface area contributed by atoms with E-state index in [2.05, 4.69) is 67.4 Å². The van der Waals surface area contributed by atoms with Crippen molar-refractivity contribution < 1.29 is 0 Å². The highest BCUT2D eigenvalue weighted by atomic mass is 32.2. The summed E-state index contributed by atoms with van der Waals surface area (Å²) in [6.07, 6.45) is 0. The minimum Gasteiger partial charge on any atom is -0.379 e. The van der Waals surface area contributed by atoms with Crippen LogP contribution in [0.5, 0.6) is 0 Å². The van der Waals surface area contributed by atoms with E-state index in [0.717, 1.165) is 12.3 Å². The molecule has 0 aliphatic rings. The van der Waals surface area contributed by atoms with Gasteiger partial charge in [-0.1, -0.05) is 80.2 Å². The van der Waals surface area contributed by atoms with Crippen LogP contribution < -0.4 is 5.73 Å². The fourth-order valence-electron chi connectivity index (χ4n) is 1.90. The quantitative estimate of drug-likeness (QED) is 0.649. The molecular weight excluding hydrogens is 276 g/mol. The minimum atomic E-state index is 0.550. The van der Waals surface area contributed by atoms with Gasteiger partial charge in [-0.3, -0.25) is 4.99 Å². The van der Waals surface area contributed by atoms with Gasteiger partial charge in [-0.15, -0.1) is 0 Å². The number of rotatable bonds is 5. The number of aliphatic imine (C=N–C) groups is 1. The van der Waals surface area contributed by atoms with Gasteiger partial charge in [-0.05, 0) is 22.6 Å². The third-order valence-corrected chi connectivity index (χ3v) is 3.96. The van der Waals surface area contributed by atoms with E-state index in [4.69, 9.17) is 5.73 Å². The predicted molar refractivity (Wildman–Crippen MR) is 94.5 cm³/mol. The first-order chi connectivity index (χ1) is 10.1. The van der Waals surface area contributed by atoms with Crippen LogP contribution in [0, 0.1) is 5.92 Å². The third-order valence-electron chi connectivity index (χ3n) is 3.06. The zero-order valence-corrected chi connectivity index (χ0v) is 13.4. The summed E-state index contributed by atoms with van der Waals surface area (Å²) >= 11 is 1.60. The molecule has 2 nitrogen and oxygen atoms in total. The molecule has 0 spiro atoms. The molecule has 0 amide bonds. The standard InChI is InChI=1S/C18H22N2S/c1-14(2)12-20-18(19)21-13-15-8-10-17(11-9-15)16-6-4-3-5-7-16/h3-11,14H,12-13H2,1-2H3,(H2,19,20). The number of nitrogens with two attached hydrogens (primary N) is 1. The highest BCUT2D eigenvalue weighted by molar-refractivity contribution is 8.13. The Labute approximate surface area is 131 Å². The molecule has 0 saturated heterocycles. The molecule has 21 heavy (non-hydrogen) atoms. The monoisotopic (exact) mass is 298 g/mol. The van der Waals surface area contributed by atoms with E-state index >= 15 is 0 Å². The van der Waals surface area contributed by atoms with E-state index in [1.807, 2.05) is 6.07 Å². The highest BCUT2D eigenvalue weighted by Crippen LogP contribution is 2.21. The lowest BCUT2D eigenvalue weighted by molar-refractivity contribution is 0.666. The molecular formula is C18H22N2S. The van der Waals surface area contributed by atoms with E-state index in [1.165, 1.54) is 16.7 Å². The molecule has 0 fully saturated rings. The fourth-order valence-corrected chi connectivity index (χ4v) is 2.57. The highest BCUT2D eigenvalue weighted by Gasteiger charge is 2.00. The van der Waals surface area contributed by atoms with Crippen LogP contribution >= 0.6 is 11.8 Å². The Morgan fingerprint density at radius 3 is 2.24 bits per heavy atom. The Bertz CT molecular complexity index is 574. The van der Waals surface area contributed by atoms with Gasteiger partial charge in [0, 0.05) is 12.3 Å². The fraction of sp³-hybridized carbons (Fsp3) is 0.278. The first kappa shape index (κ1) is 15.6. The lowest BCUT2D eigenvalue weighted by Crippen LogP contribution is -2.09. The summed E-state index contributed by atoms with van der Waals surface area (Å²) in [5.41, 5.74) is 9.66. The Hall–Kier alpha value is -1.74. The van der Waals surface area contributed by atoms with E-state index < -0.39 is 0 Å². The van der Waals surface area contributed by atoms with Crippen LogP contribution in [-0.4, -0.2) is 11.7 Å². The third kappa shape index (κ3) is 5.27. The molecule has 0 aromatic heterocycles. The van der Waals surface area contributed by atoms with Crippen molar-refractivity contribution in [3.05, 3.63) is 60.2 Å². The summed E-state index contributed by atoms with van der Waals surface area (Å²) in [5.74, 6) is 1.41. The zero-order chi connectivity index (χ0) is 15.1. The molecule has 0 bridgehead atoms. The van der Waals surface area contributed by atoms with Crippen molar-refractivity contribution in [2.45, 2.75) is 19.6 Å². The van der Waals surface area contributed by atoms with Crippen molar-refractivity contribution in [1.29, 1.82) is 0 Å². The molecule has 0 aliphatic carbocycles. The van der Waals surface area contributed by atoms with Crippen molar-refractivity contribution in [3.8, 4) is 11.1 Å². The topological polar surface area (TPSA) is 38.4 Å². The molecule has 0 atom stereocenters. The SMILES string of the molecule is CC(C)CN=C(N)SCc1ccc(-c2ccccc2)cc1. The molecule has 0 aliphatic heterocycles. The van der Waals surface area contributed by atoms with Crippen LogP contribution in [0.25, 0.3) is 11.1 Å². The van der Waals surface area contributed by atoms with Gasteiger partial charge in [0.2, 0.25) is 0 Å². The largest absolute Gasteiger partial charge is 0.379 e. The van der Waals surface area contributed by atoms with Gasteiger partial charge in [-0.25, -0.2) is 0 Å². The van der Waals surface area contributed by atoms with Crippen LogP contribution in [0.2, 0.25) is 0 Å². The Kier molecular flexibility index (Phi) is 5.88. The lowest BCUT2D eigenvalue weighted by Gasteiger charge is -2.05. The minimum absolute atomic E-state index is 0.550. The predicted octanol–water partition coefficient (Wildman–Crippen LogP) is 4.56. The summed E-state index contributed by atoms with van der Waals surface area (Å²) in [6.45, 7) is 5.08. The lowest BCUT2D eigenvalue weighted by atomic mass is 10.0. The number of hydrogen-bond donors (Lipinski definition) is 1. The Morgan fingerprint density at radius 1 is 1.00 bits per heavy atom. The van der Waals surface area contributed by atoms with Crippen molar-refractivity contribution in [2.75, 3.05) is 6.54 Å². The number of thioether (sulfide) groups is 1. The average molecular weight is 298 g/mol. The van der Waals surface area contributed by atoms with Crippen LogP contribution in [0.15, 0.2) is 59.6 Å². The molecule has 0 radical (unpaired) electrons. The molecule has 2 aromatic carbocycles. The summed E-state index contributed by atoms with van der Waals surface area (Å²) in [6, 6.07) is 19.0. The molecule has 2 rings (SSSR count). The molecule has 0 unspecified atom stereocenters. The van der Waals surface area contributed by atoms with Gasteiger partial charge in [-0.2, -0.15) is 0 Å². The molecule has 2 N–H and O–H groups in total. The normalized spacial score (nSPS) is 11.9. The van der Waals surface area contributed by atoms with E-state index in [-0.39, 0.29) is 0 Å². The second-order valence-electron chi connectivity index (χ2n) is 5.42. The Morgan fingerprint density at radius 2 is 1.62 bits per heavy atom. The van der Waals surface area contributed by atoms with Gasteiger partial charge in [0.25, 0.3) is 0 Å². The maximum absolute atomic E-state index is 5.90.